The van der Waals surface area contributed by atoms with Crippen LogP contribution in [0.5, 0.6) is 0 Å². The highest BCUT2D eigenvalue weighted by molar-refractivity contribution is 4.73. The fourth-order valence-electron chi connectivity index (χ4n) is 0.814. The standard InChI is InChI=1S/C5H11NO3/c6-5-4(8)1-3(7)2-9-5/h3-5,7-8H,1-2,6H2/t3-,4+,5-/m0/s1. The highest BCUT2D eigenvalue weighted by Gasteiger charge is 2.25. The summed E-state index contributed by atoms with van der Waals surface area (Å²) < 4.78 is 4.78. The second-order valence-corrected chi connectivity index (χ2v) is 2.25. The van der Waals surface area contributed by atoms with Crippen molar-refractivity contribution >= 4 is 0 Å². The average molecular weight is 133 g/mol. The monoisotopic (exact) mass is 133 g/mol. The summed E-state index contributed by atoms with van der Waals surface area (Å²) in [6.45, 7) is 0.234. The molecule has 0 radical (unpaired) electrons. The lowest BCUT2D eigenvalue weighted by Crippen LogP contribution is -2.46. The second-order valence-electron chi connectivity index (χ2n) is 2.25. The Balaban J connectivity index is 2.35. The summed E-state index contributed by atoms with van der Waals surface area (Å²) in [6.07, 6.45) is -1.57. The van der Waals surface area contributed by atoms with Gasteiger partial charge in [-0.05, 0) is 0 Å². The molecule has 1 rings (SSSR count). The van der Waals surface area contributed by atoms with Crippen LogP contribution in [-0.2, 0) is 4.74 Å². The van der Waals surface area contributed by atoms with Crippen molar-refractivity contribution in [1.82, 2.24) is 0 Å². The second kappa shape index (κ2) is 2.62. The van der Waals surface area contributed by atoms with E-state index in [-0.39, 0.29) is 6.61 Å². The zero-order valence-corrected chi connectivity index (χ0v) is 5.03. The Morgan fingerprint density at radius 2 is 2.11 bits per heavy atom. The van der Waals surface area contributed by atoms with E-state index in [4.69, 9.17) is 20.7 Å². The van der Waals surface area contributed by atoms with Crippen LogP contribution >= 0.6 is 0 Å². The predicted octanol–water partition coefficient (Wildman–Crippen LogP) is -1.59. The van der Waals surface area contributed by atoms with Crippen LogP contribution in [0.4, 0.5) is 0 Å². The summed E-state index contributed by atoms with van der Waals surface area (Å²) in [7, 11) is 0. The molecule has 0 spiro atoms. The van der Waals surface area contributed by atoms with E-state index in [0.29, 0.717) is 6.42 Å². The van der Waals surface area contributed by atoms with Gasteiger partial charge >= 0.3 is 0 Å². The van der Waals surface area contributed by atoms with E-state index >= 15 is 0 Å². The van der Waals surface area contributed by atoms with Gasteiger partial charge in [0.2, 0.25) is 0 Å². The lowest BCUT2D eigenvalue weighted by atomic mass is 10.1. The molecular weight excluding hydrogens is 122 g/mol. The maximum atomic E-state index is 8.94. The number of nitrogens with two attached hydrogens (primary N) is 1. The van der Waals surface area contributed by atoms with Crippen LogP contribution < -0.4 is 5.73 Å². The van der Waals surface area contributed by atoms with Crippen molar-refractivity contribution in [3.63, 3.8) is 0 Å². The highest BCUT2D eigenvalue weighted by Crippen LogP contribution is 2.09. The Labute approximate surface area is 53.2 Å². The van der Waals surface area contributed by atoms with E-state index in [2.05, 4.69) is 0 Å². The Bertz CT molecular complexity index is 98.2. The van der Waals surface area contributed by atoms with Crippen LogP contribution in [0.2, 0.25) is 0 Å². The third-order valence-corrected chi connectivity index (χ3v) is 1.37. The molecule has 9 heavy (non-hydrogen) atoms. The van der Waals surface area contributed by atoms with Gasteiger partial charge in [-0.3, -0.25) is 0 Å². The Hall–Kier alpha value is -0.160. The SMILES string of the molecule is N[C@H]1OC[C@@H](O)C[C@H]1O. The fourth-order valence-corrected chi connectivity index (χ4v) is 0.814. The first-order valence-electron chi connectivity index (χ1n) is 2.93. The zero-order valence-electron chi connectivity index (χ0n) is 5.03. The maximum absolute atomic E-state index is 8.94. The first-order valence-corrected chi connectivity index (χ1v) is 2.93. The molecular formula is C5H11NO3. The van der Waals surface area contributed by atoms with Gasteiger partial charge in [-0.1, -0.05) is 0 Å². The molecule has 1 heterocycles. The number of ether oxygens (including phenoxy) is 1. The lowest BCUT2D eigenvalue weighted by molar-refractivity contribution is -0.120. The van der Waals surface area contributed by atoms with Gasteiger partial charge in [-0.25, -0.2) is 0 Å². The predicted molar refractivity (Wildman–Crippen MR) is 30.6 cm³/mol. The number of rotatable bonds is 0. The molecule has 1 aliphatic heterocycles. The summed E-state index contributed by atoms with van der Waals surface area (Å²) >= 11 is 0. The molecule has 54 valence electrons. The summed E-state index contributed by atoms with van der Waals surface area (Å²) in [5.74, 6) is 0. The molecule has 3 atom stereocenters. The van der Waals surface area contributed by atoms with E-state index in [1.165, 1.54) is 0 Å². The molecule has 1 aliphatic rings. The minimum Gasteiger partial charge on any atom is -0.391 e. The molecule has 1 saturated heterocycles. The van der Waals surface area contributed by atoms with Crippen molar-refractivity contribution in [2.24, 2.45) is 5.73 Å². The molecule has 0 aromatic heterocycles. The average Bonchev–Trinajstić information content (AvgIpc) is 1.80. The smallest absolute Gasteiger partial charge is 0.132 e. The van der Waals surface area contributed by atoms with Gasteiger partial charge in [-0.15, -0.1) is 0 Å². The number of hydrogen-bond donors (Lipinski definition) is 3. The molecule has 0 saturated carbocycles. The Morgan fingerprint density at radius 1 is 1.44 bits per heavy atom. The largest absolute Gasteiger partial charge is 0.391 e. The first-order chi connectivity index (χ1) is 4.20. The van der Waals surface area contributed by atoms with Crippen LogP contribution in [0.1, 0.15) is 6.42 Å². The van der Waals surface area contributed by atoms with Crippen molar-refractivity contribution in [1.29, 1.82) is 0 Å². The highest BCUT2D eigenvalue weighted by atomic mass is 16.5. The lowest BCUT2D eigenvalue weighted by Gasteiger charge is -2.27. The minimum absolute atomic E-state index is 0.234. The van der Waals surface area contributed by atoms with E-state index in [1.54, 1.807) is 0 Å². The molecule has 0 aromatic rings. The van der Waals surface area contributed by atoms with Crippen LogP contribution in [0, 0.1) is 0 Å². The summed E-state index contributed by atoms with van der Waals surface area (Å²) in [6, 6.07) is 0. The third-order valence-electron chi connectivity index (χ3n) is 1.37. The van der Waals surface area contributed by atoms with Crippen LogP contribution in [0.25, 0.3) is 0 Å². The fraction of sp³-hybridized carbons (Fsp3) is 1.00. The van der Waals surface area contributed by atoms with E-state index in [1.807, 2.05) is 0 Å². The van der Waals surface area contributed by atoms with E-state index < -0.39 is 18.4 Å². The maximum Gasteiger partial charge on any atom is 0.132 e. The van der Waals surface area contributed by atoms with Gasteiger partial charge < -0.3 is 20.7 Å². The molecule has 1 fully saturated rings. The molecule has 0 unspecified atom stereocenters. The van der Waals surface area contributed by atoms with Gasteiger partial charge in [0.15, 0.2) is 0 Å². The minimum atomic E-state index is -0.714. The number of hydrogen-bond acceptors (Lipinski definition) is 4. The van der Waals surface area contributed by atoms with Crippen molar-refractivity contribution in [2.75, 3.05) is 6.61 Å². The summed E-state index contributed by atoms with van der Waals surface area (Å²) in [4.78, 5) is 0. The Kier molecular flexibility index (Phi) is 2.02. The van der Waals surface area contributed by atoms with Crippen molar-refractivity contribution in [2.45, 2.75) is 24.9 Å². The van der Waals surface area contributed by atoms with Crippen LogP contribution in [0.3, 0.4) is 0 Å². The van der Waals surface area contributed by atoms with E-state index in [9.17, 15) is 0 Å². The quantitative estimate of drug-likeness (QED) is 0.372. The summed E-state index contributed by atoms with van der Waals surface area (Å²) in [5.41, 5.74) is 5.26. The molecule has 4 nitrogen and oxygen atoms in total. The normalized spacial score (nSPS) is 45.0. The van der Waals surface area contributed by atoms with Gasteiger partial charge in [0.25, 0.3) is 0 Å². The molecule has 4 heteroatoms. The third kappa shape index (κ3) is 1.62. The Morgan fingerprint density at radius 3 is 2.56 bits per heavy atom. The zero-order chi connectivity index (χ0) is 6.85. The first kappa shape index (κ1) is 6.95. The molecule has 0 aliphatic carbocycles. The topological polar surface area (TPSA) is 75.7 Å². The van der Waals surface area contributed by atoms with Crippen LogP contribution in [0.15, 0.2) is 0 Å². The van der Waals surface area contributed by atoms with Crippen molar-refractivity contribution < 1.29 is 14.9 Å². The van der Waals surface area contributed by atoms with Gasteiger partial charge in [0.05, 0.1) is 18.8 Å². The molecule has 4 N–H and O–H groups in total. The van der Waals surface area contributed by atoms with Crippen molar-refractivity contribution in [3.8, 4) is 0 Å². The molecule has 0 aromatic carbocycles. The molecule has 0 amide bonds. The van der Waals surface area contributed by atoms with Gasteiger partial charge in [0.1, 0.15) is 6.23 Å². The molecule has 0 bridgehead atoms. The number of aliphatic hydroxyl groups is 2. The number of aliphatic hydroxyl groups excluding tert-OH is 2. The van der Waals surface area contributed by atoms with Gasteiger partial charge in [0, 0.05) is 6.42 Å². The van der Waals surface area contributed by atoms with Crippen LogP contribution in [-0.4, -0.2) is 35.3 Å². The van der Waals surface area contributed by atoms with Crippen molar-refractivity contribution in [3.05, 3.63) is 0 Å². The van der Waals surface area contributed by atoms with E-state index in [0.717, 1.165) is 0 Å². The van der Waals surface area contributed by atoms with Gasteiger partial charge in [-0.2, -0.15) is 0 Å². The summed E-state index contributed by atoms with van der Waals surface area (Å²) in [5, 5.41) is 17.8.